The van der Waals surface area contributed by atoms with Crippen LogP contribution < -0.4 is 0 Å². The number of benzene rings is 2. The third-order valence-corrected chi connectivity index (χ3v) is 3.79. The highest BCUT2D eigenvalue weighted by Crippen LogP contribution is 2.21. The van der Waals surface area contributed by atoms with E-state index in [9.17, 15) is 10.1 Å². The van der Waals surface area contributed by atoms with E-state index in [1.54, 1.807) is 0 Å². The Morgan fingerprint density at radius 1 is 1.29 bits per heavy atom. The third-order valence-electron chi connectivity index (χ3n) is 3.19. The Kier molecular flexibility index (Phi) is 4.50. The summed E-state index contributed by atoms with van der Waals surface area (Å²) >= 11 is 11.2. The maximum absolute atomic E-state index is 10.9. The summed E-state index contributed by atoms with van der Waals surface area (Å²) in [4.78, 5) is 10.4. The van der Waals surface area contributed by atoms with Crippen LogP contribution >= 0.6 is 23.8 Å². The first-order chi connectivity index (χ1) is 11.6. The fraction of sp³-hybridized carbons (Fsp3) is 0. The van der Waals surface area contributed by atoms with E-state index < -0.39 is 4.92 Å². The number of nitro benzene ring substituents is 1. The molecule has 1 heterocycles. The average molecular weight is 360 g/mol. The summed E-state index contributed by atoms with van der Waals surface area (Å²) in [5, 5.41) is 22.3. The van der Waals surface area contributed by atoms with Crippen molar-refractivity contribution in [1.29, 1.82) is 0 Å². The van der Waals surface area contributed by atoms with Gasteiger partial charge < -0.3 is 0 Å². The number of non-ortho nitro benzene ring substituents is 1. The minimum Gasteiger partial charge on any atom is -0.258 e. The second-order valence-corrected chi connectivity index (χ2v) is 5.53. The largest absolute Gasteiger partial charge is 0.270 e. The predicted molar refractivity (Wildman–Crippen MR) is 93.9 cm³/mol. The van der Waals surface area contributed by atoms with E-state index in [0.29, 0.717) is 21.2 Å². The lowest BCUT2D eigenvalue weighted by molar-refractivity contribution is -0.384. The fourth-order valence-electron chi connectivity index (χ4n) is 2.04. The lowest BCUT2D eigenvalue weighted by Gasteiger charge is -2.01. The van der Waals surface area contributed by atoms with E-state index in [2.05, 4.69) is 15.3 Å². The molecule has 0 unspecified atom stereocenters. The summed E-state index contributed by atoms with van der Waals surface area (Å²) in [5.74, 6) is 0.526. The second kappa shape index (κ2) is 6.73. The normalized spacial score (nSPS) is 11.0. The third kappa shape index (κ3) is 3.24. The minimum atomic E-state index is -0.493. The second-order valence-electron chi connectivity index (χ2n) is 4.74. The Balaban J connectivity index is 2.02. The fourth-order valence-corrected chi connectivity index (χ4v) is 2.38. The highest BCUT2D eigenvalue weighted by atomic mass is 35.5. The van der Waals surface area contributed by atoms with Crippen LogP contribution in [0.25, 0.3) is 11.4 Å². The van der Waals surface area contributed by atoms with E-state index in [1.165, 1.54) is 29.1 Å². The minimum absolute atomic E-state index is 0.0695. The molecule has 0 aliphatic heterocycles. The van der Waals surface area contributed by atoms with Gasteiger partial charge in [0.1, 0.15) is 0 Å². The molecule has 0 amide bonds. The maximum Gasteiger partial charge on any atom is 0.270 e. The van der Waals surface area contributed by atoms with Crippen molar-refractivity contribution < 1.29 is 4.92 Å². The number of aromatic amines is 1. The topological polar surface area (TPSA) is 89.1 Å². The van der Waals surface area contributed by atoms with Gasteiger partial charge in [0.15, 0.2) is 5.82 Å². The Morgan fingerprint density at radius 3 is 2.75 bits per heavy atom. The number of aromatic nitrogens is 3. The summed E-state index contributed by atoms with van der Waals surface area (Å²) in [6, 6.07) is 13.5. The van der Waals surface area contributed by atoms with E-state index in [4.69, 9.17) is 23.8 Å². The number of nitro groups is 1. The molecular weight excluding hydrogens is 350 g/mol. The summed E-state index contributed by atoms with van der Waals surface area (Å²) in [5.41, 5.74) is 1.17. The number of nitrogens with one attached hydrogen (secondary N) is 1. The van der Waals surface area contributed by atoms with E-state index in [0.717, 1.165) is 5.56 Å². The molecule has 0 aliphatic rings. The number of hydrogen-bond donors (Lipinski definition) is 1. The van der Waals surface area contributed by atoms with Crippen molar-refractivity contribution in [3.8, 4) is 11.4 Å². The van der Waals surface area contributed by atoms with Gasteiger partial charge in [-0.25, -0.2) is 5.10 Å². The molecule has 7 nitrogen and oxygen atoms in total. The molecular formula is C15H10ClN5O2S. The summed E-state index contributed by atoms with van der Waals surface area (Å²) < 4.78 is 1.73. The molecule has 0 spiro atoms. The molecule has 1 aromatic heterocycles. The summed E-state index contributed by atoms with van der Waals surface area (Å²) in [7, 11) is 0. The Morgan fingerprint density at radius 2 is 2.04 bits per heavy atom. The zero-order chi connectivity index (χ0) is 17.1. The molecule has 3 aromatic rings. The molecule has 3 rings (SSSR count). The van der Waals surface area contributed by atoms with Crippen molar-refractivity contribution >= 4 is 35.7 Å². The highest BCUT2D eigenvalue weighted by molar-refractivity contribution is 7.71. The number of nitrogens with zero attached hydrogens (tertiary/aromatic N) is 4. The zero-order valence-electron chi connectivity index (χ0n) is 12.1. The number of rotatable bonds is 4. The van der Waals surface area contributed by atoms with Crippen LogP contribution in [0, 0.1) is 14.9 Å². The maximum atomic E-state index is 10.9. The standard InChI is InChI=1S/C15H10ClN5O2S/c16-13-7-6-12(21(22)23)8-11(13)9-17-20-14(18-19-15(20)24)10-4-2-1-3-5-10/h1-9H,(H,19,24). The van der Waals surface area contributed by atoms with Gasteiger partial charge in [-0.3, -0.25) is 10.1 Å². The van der Waals surface area contributed by atoms with Gasteiger partial charge in [-0.15, -0.1) is 0 Å². The van der Waals surface area contributed by atoms with Gasteiger partial charge in [0.25, 0.3) is 5.69 Å². The number of hydrogen-bond acceptors (Lipinski definition) is 5. The zero-order valence-corrected chi connectivity index (χ0v) is 13.7. The van der Waals surface area contributed by atoms with E-state index in [-0.39, 0.29) is 5.69 Å². The van der Waals surface area contributed by atoms with Crippen LogP contribution in [0.5, 0.6) is 0 Å². The monoisotopic (exact) mass is 359 g/mol. The van der Waals surface area contributed by atoms with Gasteiger partial charge in [0.2, 0.25) is 4.77 Å². The molecule has 120 valence electrons. The molecule has 0 saturated carbocycles. The van der Waals surface area contributed by atoms with E-state index >= 15 is 0 Å². The van der Waals surface area contributed by atoms with Gasteiger partial charge in [-0.05, 0) is 18.3 Å². The first-order valence-electron chi connectivity index (χ1n) is 6.77. The van der Waals surface area contributed by atoms with Crippen molar-refractivity contribution in [2.75, 3.05) is 0 Å². The van der Waals surface area contributed by atoms with Crippen LogP contribution in [0.4, 0.5) is 5.69 Å². The van der Waals surface area contributed by atoms with Gasteiger partial charge in [0, 0.05) is 28.3 Å². The summed E-state index contributed by atoms with van der Waals surface area (Å²) in [6.45, 7) is 0. The molecule has 0 saturated heterocycles. The highest BCUT2D eigenvalue weighted by Gasteiger charge is 2.10. The lowest BCUT2D eigenvalue weighted by Crippen LogP contribution is -1.96. The van der Waals surface area contributed by atoms with E-state index in [1.807, 2.05) is 30.3 Å². The van der Waals surface area contributed by atoms with Crippen molar-refractivity contribution in [3.05, 3.63) is 74.0 Å². The molecule has 0 aliphatic carbocycles. The van der Waals surface area contributed by atoms with Crippen LogP contribution in [-0.2, 0) is 0 Å². The predicted octanol–water partition coefficient (Wildman–Crippen LogP) is 4.05. The van der Waals surface area contributed by atoms with Crippen LogP contribution in [0.1, 0.15) is 5.56 Å². The first kappa shape index (κ1) is 16.0. The smallest absolute Gasteiger partial charge is 0.258 e. The molecule has 0 fully saturated rings. The Bertz CT molecular complexity index is 981. The number of halogens is 1. The van der Waals surface area contributed by atoms with Crippen LogP contribution in [-0.4, -0.2) is 26.0 Å². The average Bonchev–Trinajstić information content (AvgIpc) is 2.95. The van der Waals surface area contributed by atoms with Gasteiger partial charge in [-0.2, -0.15) is 14.9 Å². The van der Waals surface area contributed by atoms with Gasteiger partial charge in [0.05, 0.1) is 11.1 Å². The number of H-pyrrole nitrogens is 1. The van der Waals surface area contributed by atoms with Crippen molar-refractivity contribution in [3.63, 3.8) is 0 Å². The van der Waals surface area contributed by atoms with Gasteiger partial charge >= 0.3 is 0 Å². The molecule has 0 radical (unpaired) electrons. The van der Waals surface area contributed by atoms with Gasteiger partial charge in [-0.1, -0.05) is 41.9 Å². The Hall–Kier alpha value is -2.84. The lowest BCUT2D eigenvalue weighted by atomic mass is 10.2. The van der Waals surface area contributed by atoms with Crippen molar-refractivity contribution in [2.45, 2.75) is 0 Å². The summed E-state index contributed by atoms with van der Waals surface area (Å²) in [6.07, 6.45) is 1.41. The Labute approximate surface area is 146 Å². The molecule has 2 aromatic carbocycles. The van der Waals surface area contributed by atoms with Crippen LogP contribution in [0.15, 0.2) is 53.6 Å². The SMILES string of the molecule is O=[N+]([O-])c1ccc(Cl)c(C=Nn2c(-c3ccccc3)n[nH]c2=S)c1. The first-order valence-corrected chi connectivity index (χ1v) is 7.56. The van der Waals surface area contributed by atoms with Crippen molar-refractivity contribution in [1.82, 2.24) is 14.9 Å². The molecule has 1 N–H and O–H groups in total. The van der Waals surface area contributed by atoms with Crippen LogP contribution in [0.3, 0.4) is 0 Å². The quantitative estimate of drug-likeness (QED) is 0.329. The molecule has 9 heteroatoms. The molecule has 24 heavy (non-hydrogen) atoms. The molecule has 0 bridgehead atoms. The van der Waals surface area contributed by atoms with Crippen LogP contribution in [0.2, 0.25) is 5.02 Å². The van der Waals surface area contributed by atoms with Crippen molar-refractivity contribution in [2.24, 2.45) is 5.10 Å². The molecule has 0 atom stereocenters.